The molecule has 0 atom stereocenters. The predicted octanol–water partition coefficient (Wildman–Crippen LogP) is 6.75. The Morgan fingerprint density at radius 1 is 0.946 bits per heavy atom. The van der Waals surface area contributed by atoms with E-state index in [9.17, 15) is 9.59 Å². The average molecular weight is 492 g/mol. The highest BCUT2D eigenvalue weighted by Gasteiger charge is 2.29. The second kappa shape index (κ2) is 9.20. The summed E-state index contributed by atoms with van der Waals surface area (Å²) in [5, 5.41) is 0.587. The van der Waals surface area contributed by atoms with Crippen LogP contribution in [0.15, 0.2) is 99.7 Å². The number of fused-ring (bicyclic) bond motifs is 2. The zero-order valence-electron chi connectivity index (χ0n) is 19.7. The van der Waals surface area contributed by atoms with Gasteiger partial charge in [0, 0.05) is 17.5 Å². The van der Waals surface area contributed by atoms with Crippen molar-refractivity contribution in [2.75, 3.05) is 0 Å². The van der Waals surface area contributed by atoms with Crippen molar-refractivity contribution in [2.45, 2.75) is 13.5 Å². The van der Waals surface area contributed by atoms with Crippen molar-refractivity contribution in [3.63, 3.8) is 0 Å². The van der Waals surface area contributed by atoms with E-state index >= 15 is 0 Å². The van der Waals surface area contributed by atoms with E-state index in [0.29, 0.717) is 51.7 Å². The summed E-state index contributed by atoms with van der Waals surface area (Å²) in [7, 11) is 0. The number of carbonyl (C=O) groups excluding carboxylic acids is 2. The number of allylic oxidation sites excluding steroid dienone is 1. The molecule has 3 heterocycles. The monoisotopic (exact) mass is 492 g/mol. The lowest BCUT2D eigenvalue weighted by Gasteiger charge is -2.07. The summed E-state index contributed by atoms with van der Waals surface area (Å²) in [5.41, 5.74) is 2.26. The van der Waals surface area contributed by atoms with Gasteiger partial charge in [0.2, 0.25) is 5.78 Å². The van der Waals surface area contributed by atoms with Crippen molar-refractivity contribution in [2.24, 2.45) is 0 Å². The van der Waals surface area contributed by atoms with E-state index in [1.807, 2.05) is 30.3 Å². The lowest BCUT2D eigenvalue weighted by atomic mass is 10.1. The summed E-state index contributed by atoms with van der Waals surface area (Å²) in [6.07, 6.45) is 3.03. The summed E-state index contributed by atoms with van der Waals surface area (Å²) >= 11 is 0. The zero-order chi connectivity index (χ0) is 25.4. The quantitative estimate of drug-likeness (QED) is 0.147. The van der Waals surface area contributed by atoms with Crippen LogP contribution in [0.25, 0.3) is 17.0 Å². The fourth-order valence-electron chi connectivity index (χ4n) is 4.17. The van der Waals surface area contributed by atoms with Crippen LogP contribution < -0.4 is 14.2 Å². The molecule has 0 saturated carbocycles. The molecule has 0 amide bonds. The maximum absolute atomic E-state index is 13.2. The van der Waals surface area contributed by atoms with E-state index < -0.39 is 5.97 Å². The van der Waals surface area contributed by atoms with Crippen molar-refractivity contribution in [3.05, 3.63) is 119 Å². The van der Waals surface area contributed by atoms with Crippen LogP contribution in [0.2, 0.25) is 0 Å². The highest BCUT2D eigenvalue weighted by molar-refractivity contribution is 6.14. The number of ketones is 1. The Hall–Kier alpha value is -5.04. The Morgan fingerprint density at radius 2 is 1.78 bits per heavy atom. The summed E-state index contributed by atoms with van der Waals surface area (Å²) < 4.78 is 28.3. The van der Waals surface area contributed by atoms with Crippen LogP contribution in [-0.4, -0.2) is 11.8 Å². The van der Waals surface area contributed by atoms with Gasteiger partial charge >= 0.3 is 5.97 Å². The topological polar surface area (TPSA) is 88.1 Å². The van der Waals surface area contributed by atoms with Crippen LogP contribution in [-0.2, 0) is 6.61 Å². The summed E-state index contributed by atoms with van der Waals surface area (Å²) in [5.74, 6) is 1.34. The summed E-state index contributed by atoms with van der Waals surface area (Å²) in [4.78, 5) is 25.8. The molecular weight excluding hydrogens is 472 g/mol. The van der Waals surface area contributed by atoms with Crippen molar-refractivity contribution in [1.82, 2.24) is 0 Å². The number of esters is 1. The van der Waals surface area contributed by atoms with Gasteiger partial charge in [-0.25, -0.2) is 4.79 Å². The van der Waals surface area contributed by atoms with Gasteiger partial charge in [-0.2, -0.15) is 0 Å². The van der Waals surface area contributed by atoms with E-state index in [-0.39, 0.29) is 17.3 Å². The van der Waals surface area contributed by atoms with E-state index in [2.05, 4.69) is 0 Å². The second-order valence-electron chi connectivity index (χ2n) is 8.47. The molecule has 0 aliphatic carbocycles. The molecule has 2 aromatic heterocycles. The third-order valence-electron chi connectivity index (χ3n) is 5.96. The largest absolute Gasteiger partial charge is 0.489 e. The fraction of sp³-hybridized carbons (Fsp3) is 0.0667. The van der Waals surface area contributed by atoms with Crippen LogP contribution >= 0.6 is 0 Å². The highest BCUT2D eigenvalue weighted by Crippen LogP contribution is 2.36. The van der Waals surface area contributed by atoms with Gasteiger partial charge in [0.25, 0.3) is 0 Å². The molecule has 182 valence electrons. The first-order valence-electron chi connectivity index (χ1n) is 11.6. The minimum atomic E-state index is -0.591. The van der Waals surface area contributed by atoms with E-state index in [1.54, 1.807) is 49.4 Å². The van der Waals surface area contributed by atoms with Crippen molar-refractivity contribution in [1.29, 1.82) is 0 Å². The van der Waals surface area contributed by atoms with Crippen molar-refractivity contribution < 1.29 is 32.6 Å². The molecule has 37 heavy (non-hydrogen) atoms. The number of ether oxygens (including phenoxy) is 3. The second-order valence-corrected chi connectivity index (χ2v) is 8.47. The van der Waals surface area contributed by atoms with Gasteiger partial charge < -0.3 is 23.0 Å². The molecular formula is C30H20O7. The van der Waals surface area contributed by atoms with Crippen LogP contribution in [0.5, 0.6) is 17.2 Å². The molecule has 7 heteroatoms. The molecule has 0 saturated heterocycles. The van der Waals surface area contributed by atoms with Gasteiger partial charge in [-0.3, -0.25) is 4.79 Å². The molecule has 0 N–H and O–H groups in total. The number of benzene rings is 3. The van der Waals surface area contributed by atoms with Gasteiger partial charge in [0.05, 0.1) is 11.8 Å². The van der Waals surface area contributed by atoms with Crippen LogP contribution in [0.3, 0.4) is 0 Å². The van der Waals surface area contributed by atoms with Gasteiger partial charge in [0.15, 0.2) is 5.76 Å². The Kier molecular flexibility index (Phi) is 5.58. The van der Waals surface area contributed by atoms with Crippen molar-refractivity contribution >= 4 is 28.8 Å². The Balaban J connectivity index is 1.23. The summed E-state index contributed by atoms with van der Waals surface area (Å²) in [6.45, 7) is 2.10. The smallest absolute Gasteiger partial charge is 0.347 e. The average Bonchev–Trinajstić information content (AvgIpc) is 3.61. The van der Waals surface area contributed by atoms with Crippen LogP contribution in [0.1, 0.15) is 37.8 Å². The number of hydrogen-bond donors (Lipinski definition) is 0. The molecule has 0 spiro atoms. The molecule has 1 aliphatic heterocycles. The number of carbonyl (C=O) groups is 2. The van der Waals surface area contributed by atoms with Gasteiger partial charge in [-0.1, -0.05) is 30.3 Å². The molecule has 7 nitrogen and oxygen atoms in total. The fourth-order valence-corrected chi connectivity index (χ4v) is 4.17. The molecule has 1 aliphatic rings. The first kappa shape index (κ1) is 22.4. The molecule has 5 aromatic rings. The number of Topliss-reactive ketones (excluding diaryl/α,β-unsaturated/α-hetero) is 1. The third-order valence-corrected chi connectivity index (χ3v) is 5.96. The SMILES string of the molecule is Cc1oc2ccc(OCc3ccccc3)cc2c1C(=O)Oc1ccc2c(c1)OC(=Cc1ccco1)C2=O. The maximum atomic E-state index is 13.2. The molecule has 6 rings (SSSR count). The Labute approximate surface area is 211 Å². The standard InChI is InChI=1S/C30H20O7/c1-18-28(24-14-21(10-12-25(24)35-18)34-17-19-6-3-2-4-7-19)30(32)36-22-9-11-23-26(16-22)37-27(29(23)31)15-20-8-5-13-33-20/h2-16H,17H2,1H3. The molecule has 3 aromatic carbocycles. The number of aryl methyl sites for hydroxylation is 1. The normalized spacial score (nSPS) is 13.5. The van der Waals surface area contributed by atoms with Crippen LogP contribution in [0.4, 0.5) is 0 Å². The van der Waals surface area contributed by atoms with Gasteiger partial charge in [-0.15, -0.1) is 0 Å². The van der Waals surface area contributed by atoms with E-state index in [0.717, 1.165) is 5.56 Å². The summed E-state index contributed by atoms with van der Waals surface area (Å²) in [6, 6.07) is 23.2. The van der Waals surface area contributed by atoms with E-state index in [1.165, 1.54) is 18.4 Å². The molecule has 0 bridgehead atoms. The lowest BCUT2D eigenvalue weighted by molar-refractivity contribution is 0.0734. The first-order chi connectivity index (χ1) is 18.0. The zero-order valence-corrected chi connectivity index (χ0v) is 19.7. The Bertz CT molecular complexity index is 1660. The van der Waals surface area contributed by atoms with Gasteiger partial charge in [0.1, 0.15) is 46.5 Å². The van der Waals surface area contributed by atoms with Crippen molar-refractivity contribution in [3.8, 4) is 17.2 Å². The molecule has 0 unspecified atom stereocenters. The highest BCUT2D eigenvalue weighted by atomic mass is 16.5. The number of furan rings is 2. The minimum absolute atomic E-state index is 0.133. The first-order valence-corrected chi connectivity index (χ1v) is 11.6. The third kappa shape index (κ3) is 4.38. The predicted molar refractivity (Wildman–Crippen MR) is 135 cm³/mol. The number of hydrogen-bond acceptors (Lipinski definition) is 7. The molecule has 0 radical (unpaired) electrons. The van der Waals surface area contributed by atoms with Gasteiger partial charge in [-0.05, 0) is 55.0 Å². The lowest BCUT2D eigenvalue weighted by Crippen LogP contribution is -2.09. The Morgan fingerprint density at radius 3 is 2.59 bits per heavy atom. The number of rotatable bonds is 6. The minimum Gasteiger partial charge on any atom is -0.489 e. The molecule has 0 fully saturated rings. The van der Waals surface area contributed by atoms with Crippen LogP contribution in [0, 0.1) is 6.92 Å². The van der Waals surface area contributed by atoms with E-state index in [4.69, 9.17) is 23.0 Å². The maximum Gasteiger partial charge on any atom is 0.347 e.